The van der Waals surface area contributed by atoms with Gasteiger partial charge in [-0.15, -0.1) is 0 Å². The van der Waals surface area contributed by atoms with Crippen LogP contribution in [0.3, 0.4) is 0 Å². The zero-order chi connectivity index (χ0) is 43.2. The van der Waals surface area contributed by atoms with Crippen LogP contribution >= 0.6 is 0 Å². The third-order valence-electron chi connectivity index (χ3n) is 10.7. The summed E-state index contributed by atoms with van der Waals surface area (Å²) in [6.07, 6.45) is 12.5. The molecular weight excluding hydrogens is 769 g/mol. The normalized spacial score (nSPS) is 16.7. The highest BCUT2D eigenvalue weighted by Crippen LogP contribution is 2.27. The summed E-state index contributed by atoms with van der Waals surface area (Å²) in [5, 5.41) is 22.2. The topological polar surface area (TPSA) is 259 Å². The Kier molecular flexibility index (Phi) is 16.4. The molecule has 0 unspecified atom stereocenters. The van der Waals surface area contributed by atoms with Gasteiger partial charge in [0, 0.05) is 73.5 Å². The van der Waals surface area contributed by atoms with E-state index in [1.165, 1.54) is 6.20 Å². The van der Waals surface area contributed by atoms with Gasteiger partial charge in [-0.25, -0.2) is 19.7 Å². The number of carbonyl (C=O) groups excluding carboxylic acids is 4. The van der Waals surface area contributed by atoms with Crippen LogP contribution in [0.25, 0.3) is 16.9 Å². The van der Waals surface area contributed by atoms with Crippen LogP contribution in [0.15, 0.2) is 49.2 Å². The number of nitrogen functional groups attached to an aromatic ring is 1. The average Bonchev–Trinajstić information content (AvgIpc) is 3.86. The molecule has 1 fully saturated rings. The molecule has 4 aromatic rings. The maximum Gasteiger partial charge on any atom is 0.328 e. The van der Waals surface area contributed by atoms with E-state index in [1.807, 2.05) is 50.6 Å². The second-order valence-electron chi connectivity index (χ2n) is 15.5. The number of anilines is 2. The van der Waals surface area contributed by atoms with Gasteiger partial charge in [0.2, 0.25) is 11.8 Å². The summed E-state index contributed by atoms with van der Waals surface area (Å²) in [7, 11) is 0. The van der Waals surface area contributed by atoms with Crippen molar-refractivity contribution in [3.63, 3.8) is 0 Å². The molecule has 4 heterocycles. The number of rotatable bonds is 21. The minimum Gasteiger partial charge on any atom is -0.462 e. The number of aromatic nitrogens is 5. The van der Waals surface area contributed by atoms with Gasteiger partial charge >= 0.3 is 5.97 Å². The summed E-state index contributed by atoms with van der Waals surface area (Å²) < 4.78 is 14.6. The van der Waals surface area contributed by atoms with Crippen LogP contribution in [0.4, 0.5) is 11.6 Å². The number of pyridine rings is 2. The van der Waals surface area contributed by atoms with E-state index in [4.69, 9.17) is 20.9 Å². The fraction of sp³-hybridized carbons (Fsp3) is 0.524. The van der Waals surface area contributed by atoms with Gasteiger partial charge in [0.1, 0.15) is 30.2 Å². The zero-order valence-corrected chi connectivity index (χ0v) is 34.9. The highest BCUT2D eigenvalue weighted by molar-refractivity contribution is 6.00. The molecule has 0 saturated heterocycles. The number of amides is 3. The van der Waals surface area contributed by atoms with Crippen molar-refractivity contribution in [2.24, 2.45) is 17.6 Å². The summed E-state index contributed by atoms with van der Waals surface area (Å²) in [5.41, 5.74) is 14.1. The first-order valence-electron chi connectivity index (χ1n) is 20.7. The van der Waals surface area contributed by atoms with Crippen LogP contribution in [0.5, 0.6) is 0 Å². The van der Waals surface area contributed by atoms with Gasteiger partial charge in [0.15, 0.2) is 5.95 Å². The SMILES string of the molecule is CC[C@H](C)[C@H](NC(=O)[C@@H](N)CCCn1ccnc1N)C(=O)OCCOCCNC(=O)C1CCC(NC(=O)c2cnc(-n3ccc4cc(C#N)cnc43)cc2NC(C)C)CC1. The van der Waals surface area contributed by atoms with Gasteiger partial charge in [-0.3, -0.25) is 19.0 Å². The highest BCUT2D eigenvalue weighted by Gasteiger charge is 2.30. The lowest BCUT2D eigenvalue weighted by Gasteiger charge is -2.28. The molecule has 3 atom stereocenters. The van der Waals surface area contributed by atoms with E-state index in [0.29, 0.717) is 92.3 Å². The van der Waals surface area contributed by atoms with Crippen molar-refractivity contribution >= 4 is 46.4 Å². The van der Waals surface area contributed by atoms with E-state index >= 15 is 0 Å². The summed E-state index contributed by atoms with van der Waals surface area (Å²) in [4.78, 5) is 65.2. The summed E-state index contributed by atoms with van der Waals surface area (Å²) >= 11 is 0. The molecular formula is C42H58N12O6. The Hall–Kier alpha value is -6.06. The smallest absolute Gasteiger partial charge is 0.328 e. The number of nitrogens with one attached hydrogen (secondary N) is 4. The third kappa shape index (κ3) is 12.2. The Bertz CT molecular complexity index is 2120. The van der Waals surface area contributed by atoms with Crippen molar-refractivity contribution in [1.29, 1.82) is 5.26 Å². The number of imidazole rings is 1. The molecule has 0 bridgehead atoms. The number of fused-ring (bicyclic) bond motifs is 1. The van der Waals surface area contributed by atoms with Crippen molar-refractivity contribution < 1.29 is 28.7 Å². The number of nitrogens with two attached hydrogens (primary N) is 2. The van der Waals surface area contributed by atoms with Crippen molar-refractivity contribution in [1.82, 2.24) is 40.0 Å². The highest BCUT2D eigenvalue weighted by atomic mass is 16.6. The van der Waals surface area contributed by atoms with E-state index in [0.717, 1.165) is 5.39 Å². The first-order valence-corrected chi connectivity index (χ1v) is 20.7. The van der Waals surface area contributed by atoms with Gasteiger partial charge in [0.25, 0.3) is 5.91 Å². The third-order valence-corrected chi connectivity index (χ3v) is 10.7. The van der Waals surface area contributed by atoms with E-state index in [9.17, 15) is 24.4 Å². The van der Waals surface area contributed by atoms with Crippen LogP contribution in [0, 0.1) is 23.2 Å². The predicted octanol–water partition coefficient (Wildman–Crippen LogP) is 3.19. The molecule has 1 saturated carbocycles. The molecule has 0 spiro atoms. The lowest BCUT2D eigenvalue weighted by Crippen LogP contribution is -2.51. The van der Waals surface area contributed by atoms with E-state index in [-0.39, 0.29) is 55.6 Å². The Labute approximate surface area is 350 Å². The molecule has 0 aliphatic heterocycles. The molecule has 0 radical (unpaired) electrons. The number of carbonyl (C=O) groups is 4. The summed E-state index contributed by atoms with van der Waals surface area (Å²) in [6, 6.07) is 5.88. The van der Waals surface area contributed by atoms with Crippen molar-refractivity contribution in [3.8, 4) is 11.9 Å². The molecule has 1 aliphatic carbocycles. The van der Waals surface area contributed by atoms with Crippen LogP contribution in [-0.2, 0) is 30.4 Å². The lowest BCUT2D eigenvalue weighted by atomic mass is 9.85. The molecule has 4 aromatic heterocycles. The number of hydrogen-bond donors (Lipinski definition) is 6. The molecule has 18 heteroatoms. The second kappa shape index (κ2) is 21.8. The first kappa shape index (κ1) is 45.0. The largest absolute Gasteiger partial charge is 0.462 e. The maximum atomic E-state index is 13.5. The number of ether oxygens (including phenoxy) is 2. The van der Waals surface area contributed by atoms with Crippen molar-refractivity contribution in [3.05, 3.63) is 60.3 Å². The van der Waals surface area contributed by atoms with Gasteiger partial charge in [0.05, 0.1) is 36.1 Å². The Balaban J connectivity index is 0.989. The van der Waals surface area contributed by atoms with Gasteiger partial charge in [-0.2, -0.15) is 5.26 Å². The summed E-state index contributed by atoms with van der Waals surface area (Å²) in [6.45, 7) is 8.99. The first-order chi connectivity index (χ1) is 28.9. The quantitative estimate of drug-likeness (QED) is 0.0522. The molecule has 8 N–H and O–H groups in total. The molecule has 322 valence electrons. The van der Waals surface area contributed by atoms with Gasteiger partial charge in [-0.1, -0.05) is 20.3 Å². The van der Waals surface area contributed by atoms with E-state index < -0.39 is 24.0 Å². The fourth-order valence-corrected chi connectivity index (χ4v) is 7.08. The summed E-state index contributed by atoms with van der Waals surface area (Å²) in [5.74, 6) is -0.661. The van der Waals surface area contributed by atoms with E-state index in [1.54, 1.807) is 29.2 Å². The van der Waals surface area contributed by atoms with Crippen molar-refractivity contribution in [2.45, 2.75) is 103 Å². The minimum absolute atomic E-state index is 0.00829. The molecule has 5 rings (SSSR count). The van der Waals surface area contributed by atoms with Crippen LogP contribution in [0.2, 0.25) is 0 Å². The second-order valence-corrected chi connectivity index (χ2v) is 15.5. The maximum absolute atomic E-state index is 13.5. The number of nitriles is 1. The monoisotopic (exact) mass is 826 g/mol. The Morgan fingerprint density at radius 3 is 2.50 bits per heavy atom. The average molecular weight is 827 g/mol. The molecule has 0 aromatic carbocycles. The minimum atomic E-state index is -0.847. The molecule has 3 amide bonds. The molecule has 18 nitrogen and oxygen atoms in total. The number of esters is 1. The Morgan fingerprint density at radius 2 is 1.80 bits per heavy atom. The number of aryl methyl sites for hydroxylation is 1. The van der Waals surface area contributed by atoms with Crippen LogP contribution < -0.4 is 32.7 Å². The van der Waals surface area contributed by atoms with E-state index in [2.05, 4.69) is 42.3 Å². The molecule has 1 aliphatic rings. The Morgan fingerprint density at radius 1 is 1.02 bits per heavy atom. The van der Waals surface area contributed by atoms with Gasteiger partial charge < -0.3 is 46.8 Å². The number of hydrogen-bond acceptors (Lipinski definition) is 13. The molecule has 60 heavy (non-hydrogen) atoms. The van der Waals surface area contributed by atoms with Crippen LogP contribution in [-0.4, -0.2) is 98.3 Å². The van der Waals surface area contributed by atoms with Crippen LogP contribution in [0.1, 0.15) is 88.6 Å². The fourth-order valence-electron chi connectivity index (χ4n) is 7.08. The number of nitrogens with zero attached hydrogens (tertiary/aromatic N) is 6. The van der Waals surface area contributed by atoms with Gasteiger partial charge in [-0.05, 0) is 70.4 Å². The predicted molar refractivity (Wildman–Crippen MR) is 226 cm³/mol. The van der Waals surface area contributed by atoms with Crippen molar-refractivity contribution in [2.75, 3.05) is 37.4 Å². The lowest BCUT2D eigenvalue weighted by molar-refractivity contribution is -0.151. The standard InChI is InChI=1S/C42H58N12O6/c1-5-27(4)36(52-40(57)33(44)7-6-15-53-17-13-47-42(53)45)41(58)60-20-19-59-18-14-46-38(55)29-8-10-31(11-9-29)51-39(56)32-25-48-35(22-34(32)50-26(2)3)54-16-12-30-21-28(23-43)24-49-37(30)54/h12-13,16-17,21-22,24-27,29,31,33,36H,5-11,14-15,18-20,44H2,1-4H3,(H2,45,47)(H,46,55)(H,48,50)(H,51,56)(H,52,57)/t27-,29?,31?,33-,36-/m0/s1. The zero-order valence-electron chi connectivity index (χ0n) is 34.9.